The Morgan fingerprint density at radius 2 is 2.14 bits per heavy atom. The molecule has 0 saturated carbocycles. The number of anilines is 1. The minimum absolute atomic E-state index is 0.0592. The van der Waals surface area contributed by atoms with E-state index in [1.54, 1.807) is 25.6 Å². The number of furan rings is 1. The molecule has 3 heterocycles. The van der Waals surface area contributed by atoms with E-state index in [1.165, 1.54) is 11.3 Å². The highest BCUT2D eigenvalue weighted by molar-refractivity contribution is 7.19. The van der Waals surface area contributed by atoms with Crippen LogP contribution in [0.15, 0.2) is 47.3 Å². The number of amides is 1. The summed E-state index contributed by atoms with van der Waals surface area (Å²) in [5.41, 5.74) is 1.72. The zero-order chi connectivity index (χ0) is 14.7. The molecule has 106 valence electrons. The van der Waals surface area contributed by atoms with Crippen molar-refractivity contribution in [3.63, 3.8) is 0 Å². The second kappa shape index (κ2) is 5.88. The molecule has 0 bridgehead atoms. The quantitative estimate of drug-likeness (QED) is 0.795. The average Bonchev–Trinajstić information content (AvgIpc) is 3.16. The van der Waals surface area contributed by atoms with Crippen LogP contribution in [0.1, 0.15) is 13.3 Å². The second-order valence-corrected chi connectivity index (χ2v) is 5.31. The lowest BCUT2D eigenvalue weighted by Gasteiger charge is -1.98. The van der Waals surface area contributed by atoms with Gasteiger partial charge < -0.3 is 9.73 Å². The van der Waals surface area contributed by atoms with Crippen LogP contribution in [0.25, 0.3) is 21.9 Å². The molecule has 0 aliphatic carbocycles. The van der Waals surface area contributed by atoms with Crippen molar-refractivity contribution in [2.45, 2.75) is 13.3 Å². The average molecular weight is 299 g/mol. The molecule has 0 saturated heterocycles. The fraction of sp³-hybridized carbons (Fsp3) is 0.133. The summed E-state index contributed by atoms with van der Waals surface area (Å²) in [7, 11) is 0. The number of carbonyl (C=O) groups is 1. The van der Waals surface area contributed by atoms with E-state index in [2.05, 4.69) is 15.3 Å². The van der Waals surface area contributed by atoms with Crippen molar-refractivity contribution in [1.29, 1.82) is 0 Å². The highest BCUT2D eigenvalue weighted by Gasteiger charge is 2.17. The topological polar surface area (TPSA) is 68.0 Å². The molecule has 0 aromatic carbocycles. The molecule has 0 spiro atoms. The lowest BCUT2D eigenvalue weighted by molar-refractivity contribution is -0.115. The summed E-state index contributed by atoms with van der Waals surface area (Å²) in [6, 6.07) is 7.48. The van der Waals surface area contributed by atoms with Gasteiger partial charge in [0.1, 0.15) is 5.69 Å². The minimum atomic E-state index is -0.0592. The van der Waals surface area contributed by atoms with Gasteiger partial charge in [0.15, 0.2) is 10.9 Å². The van der Waals surface area contributed by atoms with E-state index in [-0.39, 0.29) is 5.91 Å². The van der Waals surface area contributed by atoms with Crippen molar-refractivity contribution in [1.82, 2.24) is 9.97 Å². The Labute approximate surface area is 125 Å². The highest BCUT2D eigenvalue weighted by atomic mass is 32.1. The van der Waals surface area contributed by atoms with E-state index in [4.69, 9.17) is 4.42 Å². The van der Waals surface area contributed by atoms with Crippen LogP contribution in [0.5, 0.6) is 0 Å². The summed E-state index contributed by atoms with van der Waals surface area (Å²) >= 11 is 1.42. The maximum absolute atomic E-state index is 11.5. The van der Waals surface area contributed by atoms with Crippen molar-refractivity contribution in [2.75, 3.05) is 5.32 Å². The molecule has 0 atom stereocenters. The maximum Gasteiger partial charge on any atom is 0.225 e. The molecule has 21 heavy (non-hydrogen) atoms. The summed E-state index contributed by atoms with van der Waals surface area (Å²) in [6.45, 7) is 1.81. The van der Waals surface area contributed by atoms with Gasteiger partial charge in [0.2, 0.25) is 5.91 Å². The fourth-order valence-electron chi connectivity index (χ4n) is 1.86. The number of nitrogens with one attached hydrogen (secondary N) is 1. The molecule has 1 N–H and O–H groups in total. The van der Waals surface area contributed by atoms with Crippen molar-refractivity contribution in [3.05, 3.63) is 42.9 Å². The van der Waals surface area contributed by atoms with Gasteiger partial charge in [-0.05, 0) is 29.8 Å². The van der Waals surface area contributed by atoms with E-state index in [9.17, 15) is 4.79 Å². The summed E-state index contributed by atoms with van der Waals surface area (Å²) in [6.07, 6.45) is 5.48. The lowest BCUT2D eigenvalue weighted by atomic mass is 10.2. The Morgan fingerprint density at radius 3 is 2.81 bits per heavy atom. The summed E-state index contributed by atoms with van der Waals surface area (Å²) < 4.78 is 5.44. The van der Waals surface area contributed by atoms with Crippen LogP contribution in [0.3, 0.4) is 0 Å². The molecule has 0 unspecified atom stereocenters. The zero-order valence-electron chi connectivity index (χ0n) is 11.4. The SMILES string of the molecule is CCC(=O)Nc1nc(-c2ccco2)c(-c2ccncc2)s1. The fourth-order valence-corrected chi connectivity index (χ4v) is 2.85. The molecule has 0 aliphatic rings. The molecule has 0 fully saturated rings. The van der Waals surface area contributed by atoms with E-state index >= 15 is 0 Å². The van der Waals surface area contributed by atoms with Crippen LogP contribution >= 0.6 is 11.3 Å². The number of thiazole rings is 1. The molecular weight excluding hydrogens is 286 g/mol. The first kappa shape index (κ1) is 13.5. The predicted octanol–water partition coefficient (Wildman–Crippen LogP) is 3.81. The number of carbonyl (C=O) groups excluding carboxylic acids is 1. The van der Waals surface area contributed by atoms with Crippen molar-refractivity contribution >= 4 is 22.4 Å². The number of hydrogen-bond donors (Lipinski definition) is 1. The van der Waals surface area contributed by atoms with Crippen LogP contribution in [-0.2, 0) is 4.79 Å². The maximum atomic E-state index is 11.5. The van der Waals surface area contributed by atoms with Gasteiger partial charge in [0.05, 0.1) is 11.1 Å². The van der Waals surface area contributed by atoms with Gasteiger partial charge in [0.25, 0.3) is 0 Å². The van der Waals surface area contributed by atoms with E-state index in [0.29, 0.717) is 17.3 Å². The Morgan fingerprint density at radius 1 is 1.33 bits per heavy atom. The van der Waals surface area contributed by atoms with Gasteiger partial charge in [-0.2, -0.15) is 0 Å². The summed E-state index contributed by atoms with van der Waals surface area (Å²) in [5, 5.41) is 3.36. The Bertz CT molecular complexity index is 736. The van der Waals surface area contributed by atoms with Crippen LogP contribution in [0.4, 0.5) is 5.13 Å². The number of rotatable bonds is 4. The molecule has 3 rings (SSSR count). The first-order valence-corrected chi connectivity index (χ1v) is 7.34. The predicted molar refractivity (Wildman–Crippen MR) is 82.0 cm³/mol. The van der Waals surface area contributed by atoms with Gasteiger partial charge in [0, 0.05) is 18.8 Å². The van der Waals surface area contributed by atoms with Crippen LogP contribution < -0.4 is 5.32 Å². The lowest BCUT2D eigenvalue weighted by Crippen LogP contribution is -2.08. The second-order valence-electron chi connectivity index (χ2n) is 4.31. The van der Waals surface area contributed by atoms with Crippen molar-refractivity contribution in [3.8, 4) is 21.9 Å². The van der Waals surface area contributed by atoms with Gasteiger partial charge in [-0.25, -0.2) is 4.98 Å². The van der Waals surface area contributed by atoms with Gasteiger partial charge >= 0.3 is 0 Å². The van der Waals surface area contributed by atoms with Crippen LogP contribution in [0.2, 0.25) is 0 Å². The zero-order valence-corrected chi connectivity index (χ0v) is 12.2. The Hall–Kier alpha value is -2.47. The standard InChI is InChI=1S/C15H13N3O2S/c1-2-12(19)17-15-18-13(11-4-3-9-20-11)14(21-15)10-5-7-16-8-6-10/h3-9H,2H2,1H3,(H,17,18,19). The van der Waals surface area contributed by atoms with Gasteiger partial charge in [-0.15, -0.1) is 0 Å². The van der Waals surface area contributed by atoms with Crippen molar-refractivity contribution in [2.24, 2.45) is 0 Å². The molecule has 1 amide bonds. The van der Waals surface area contributed by atoms with Crippen LogP contribution in [-0.4, -0.2) is 15.9 Å². The first-order chi connectivity index (χ1) is 10.3. The molecule has 0 radical (unpaired) electrons. The van der Waals surface area contributed by atoms with Crippen LogP contribution in [0, 0.1) is 0 Å². The number of aromatic nitrogens is 2. The van der Waals surface area contributed by atoms with Gasteiger partial charge in [-0.3, -0.25) is 9.78 Å². The molecule has 3 aromatic heterocycles. The first-order valence-electron chi connectivity index (χ1n) is 6.53. The smallest absolute Gasteiger partial charge is 0.225 e. The Kier molecular flexibility index (Phi) is 3.79. The van der Waals surface area contributed by atoms with E-state index in [1.807, 2.05) is 24.3 Å². The monoisotopic (exact) mass is 299 g/mol. The third kappa shape index (κ3) is 2.85. The summed E-state index contributed by atoms with van der Waals surface area (Å²) in [4.78, 5) is 21.0. The minimum Gasteiger partial charge on any atom is -0.463 e. The molecule has 0 aliphatic heterocycles. The normalized spacial score (nSPS) is 10.5. The Balaban J connectivity index is 2.06. The molecule has 5 nitrogen and oxygen atoms in total. The molecule has 3 aromatic rings. The summed E-state index contributed by atoms with van der Waals surface area (Å²) in [5.74, 6) is 0.617. The third-order valence-electron chi connectivity index (χ3n) is 2.89. The van der Waals surface area contributed by atoms with Gasteiger partial charge in [-0.1, -0.05) is 18.3 Å². The van der Waals surface area contributed by atoms with Crippen molar-refractivity contribution < 1.29 is 9.21 Å². The number of nitrogens with zero attached hydrogens (tertiary/aromatic N) is 2. The van der Waals surface area contributed by atoms with E-state index < -0.39 is 0 Å². The molecule has 6 heteroatoms. The third-order valence-corrected chi connectivity index (χ3v) is 3.91. The largest absolute Gasteiger partial charge is 0.463 e. The number of hydrogen-bond acceptors (Lipinski definition) is 5. The highest BCUT2D eigenvalue weighted by Crippen LogP contribution is 2.38. The van der Waals surface area contributed by atoms with E-state index in [0.717, 1.165) is 16.1 Å². The molecular formula is C15H13N3O2S. The number of pyridine rings is 1.